The van der Waals surface area contributed by atoms with Crippen molar-refractivity contribution in [3.8, 4) is 11.5 Å². The molecule has 1 atom stereocenters. The molecule has 0 radical (unpaired) electrons. The highest BCUT2D eigenvalue weighted by Crippen LogP contribution is 2.13. The average Bonchev–Trinajstić information content (AvgIpc) is 2.75. The summed E-state index contributed by atoms with van der Waals surface area (Å²) in [6, 6.07) is 10.8. The molecule has 2 rings (SSSR count). The van der Waals surface area contributed by atoms with Crippen LogP contribution in [0.25, 0.3) is 0 Å². The van der Waals surface area contributed by atoms with Crippen LogP contribution in [0.15, 0.2) is 48.5 Å². The van der Waals surface area contributed by atoms with Gasteiger partial charge in [0.05, 0.1) is 6.61 Å². The molecule has 2 aromatic carbocycles. The summed E-state index contributed by atoms with van der Waals surface area (Å²) in [6.45, 7) is 5.53. The van der Waals surface area contributed by atoms with Crippen molar-refractivity contribution in [2.24, 2.45) is 5.92 Å². The molecule has 0 spiro atoms. The van der Waals surface area contributed by atoms with Crippen LogP contribution in [0.5, 0.6) is 11.5 Å². The summed E-state index contributed by atoms with van der Waals surface area (Å²) < 4.78 is 23.4. The van der Waals surface area contributed by atoms with E-state index in [4.69, 9.17) is 9.47 Å². The van der Waals surface area contributed by atoms with Gasteiger partial charge in [-0.2, -0.15) is 0 Å². The van der Waals surface area contributed by atoms with E-state index >= 15 is 0 Å². The zero-order chi connectivity index (χ0) is 22.8. The smallest absolute Gasteiger partial charge is 0.276 e. The first-order chi connectivity index (χ1) is 14.8. The first-order valence-corrected chi connectivity index (χ1v) is 9.81. The maximum atomic E-state index is 12.9. The lowest BCUT2D eigenvalue weighted by molar-refractivity contribution is -0.131. The first-order valence-electron chi connectivity index (χ1n) is 9.81. The molecule has 0 unspecified atom stereocenters. The second-order valence-electron chi connectivity index (χ2n) is 6.93. The molecule has 0 saturated heterocycles. The third kappa shape index (κ3) is 7.61. The lowest BCUT2D eigenvalue weighted by Gasteiger charge is -2.22. The molecule has 9 heteroatoms. The van der Waals surface area contributed by atoms with Gasteiger partial charge in [-0.05, 0) is 61.4 Å². The number of carbonyl (C=O) groups excluding carboxylic acids is 3. The van der Waals surface area contributed by atoms with Crippen LogP contribution in [0.2, 0.25) is 0 Å². The van der Waals surface area contributed by atoms with Gasteiger partial charge in [-0.3, -0.25) is 25.2 Å². The van der Waals surface area contributed by atoms with E-state index in [-0.39, 0.29) is 12.5 Å². The van der Waals surface area contributed by atoms with Crippen molar-refractivity contribution in [1.29, 1.82) is 0 Å². The van der Waals surface area contributed by atoms with Gasteiger partial charge in [-0.1, -0.05) is 13.8 Å². The third-order valence-electron chi connectivity index (χ3n) is 4.17. The van der Waals surface area contributed by atoms with Gasteiger partial charge < -0.3 is 14.8 Å². The molecule has 0 saturated carbocycles. The minimum Gasteiger partial charge on any atom is -0.494 e. The van der Waals surface area contributed by atoms with Gasteiger partial charge in [0.15, 0.2) is 6.61 Å². The minimum absolute atomic E-state index is 0.237. The van der Waals surface area contributed by atoms with Crippen molar-refractivity contribution in [2.45, 2.75) is 26.8 Å². The van der Waals surface area contributed by atoms with Crippen LogP contribution >= 0.6 is 0 Å². The zero-order valence-corrected chi connectivity index (χ0v) is 17.6. The molecule has 31 heavy (non-hydrogen) atoms. The molecule has 3 amide bonds. The predicted octanol–water partition coefficient (Wildman–Crippen LogP) is 2.21. The van der Waals surface area contributed by atoms with Gasteiger partial charge in [0, 0.05) is 5.56 Å². The molecule has 2 aromatic rings. The second kappa shape index (κ2) is 11.5. The van der Waals surface area contributed by atoms with Gasteiger partial charge in [-0.15, -0.1) is 0 Å². The van der Waals surface area contributed by atoms with E-state index in [2.05, 4.69) is 16.2 Å². The summed E-state index contributed by atoms with van der Waals surface area (Å²) in [7, 11) is 0. The summed E-state index contributed by atoms with van der Waals surface area (Å²) in [6.07, 6.45) is 0. The molecule has 166 valence electrons. The predicted molar refractivity (Wildman–Crippen MR) is 112 cm³/mol. The van der Waals surface area contributed by atoms with Crippen LogP contribution in [0.1, 0.15) is 31.1 Å². The summed E-state index contributed by atoms with van der Waals surface area (Å²) in [5.74, 6) is -1.33. The lowest BCUT2D eigenvalue weighted by atomic mass is 10.0. The molecule has 0 aliphatic carbocycles. The topological polar surface area (TPSA) is 106 Å². The Bertz CT molecular complexity index is 885. The standard InChI is InChI=1S/C22H26FN3O5/c1-4-30-17-9-5-15(6-10-17)21(28)24-20(14(2)3)22(29)26-25-19(27)13-31-18-11-7-16(23)8-12-18/h5-12,14,20H,4,13H2,1-3H3,(H,24,28)(H,25,27)(H,26,29)/t20-/m1/s1. The van der Waals surface area contributed by atoms with E-state index in [1.54, 1.807) is 38.1 Å². The van der Waals surface area contributed by atoms with Crippen LogP contribution in [0.4, 0.5) is 4.39 Å². The van der Waals surface area contributed by atoms with Crippen molar-refractivity contribution in [1.82, 2.24) is 16.2 Å². The van der Waals surface area contributed by atoms with Gasteiger partial charge in [0.25, 0.3) is 17.7 Å². The summed E-state index contributed by atoms with van der Waals surface area (Å²) in [4.78, 5) is 36.8. The summed E-state index contributed by atoms with van der Waals surface area (Å²) in [5.41, 5.74) is 4.88. The van der Waals surface area contributed by atoms with Gasteiger partial charge in [0.1, 0.15) is 23.4 Å². The van der Waals surface area contributed by atoms with Crippen LogP contribution in [0.3, 0.4) is 0 Å². The molecule has 0 fully saturated rings. The number of carbonyl (C=O) groups is 3. The van der Waals surface area contributed by atoms with E-state index in [0.29, 0.717) is 23.7 Å². The van der Waals surface area contributed by atoms with Gasteiger partial charge >= 0.3 is 0 Å². The van der Waals surface area contributed by atoms with E-state index in [1.165, 1.54) is 24.3 Å². The molecule has 8 nitrogen and oxygen atoms in total. The van der Waals surface area contributed by atoms with Crippen LogP contribution in [-0.4, -0.2) is 37.0 Å². The number of hydrogen-bond acceptors (Lipinski definition) is 5. The Morgan fingerprint density at radius 2 is 1.48 bits per heavy atom. The fourth-order valence-corrected chi connectivity index (χ4v) is 2.55. The molecule has 0 heterocycles. The highest BCUT2D eigenvalue weighted by Gasteiger charge is 2.25. The number of rotatable bonds is 9. The fraction of sp³-hybridized carbons (Fsp3) is 0.318. The van der Waals surface area contributed by atoms with E-state index in [9.17, 15) is 18.8 Å². The number of benzene rings is 2. The number of nitrogens with one attached hydrogen (secondary N) is 3. The fourth-order valence-electron chi connectivity index (χ4n) is 2.55. The zero-order valence-electron chi connectivity index (χ0n) is 17.6. The molecule has 0 bridgehead atoms. The Hall–Kier alpha value is -3.62. The normalized spacial score (nSPS) is 11.4. The van der Waals surface area contributed by atoms with Crippen molar-refractivity contribution in [3.05, 3.63) is 59.9 Å². The van der Waals surface area contributed by atoms with Gasteiger partial charge in [0.2, 0.25) is 0 Å². The Kier molecular flexibility index (Phi) is 8.80. The third-order valence-corrected chi connectivity index (χ3v) is 4.17. The Labute approximate surface area is 180 Å². The lowest BCUT2D eigenvalue weighted by Crippen LogP contribution is -2.54. The number of ether oxygens (including phenoxy) is 2. The molecule has 0 aliphatic rings. The minimum atomic E-state index is -0.877. The number of halogens is 1. The molecule has 0 aliphatic heterocycles. The molecular weight excluding hydrogens is 405 g/mol. The highest BCUT2D eigenvalue weighted by atomic mass is 19.1. The molecular formula is C22H26FN3O5. The Morgan fingerprint density at radius 3 is 2.06 bits per heavy atom. The second-order valence-corrected chi connectivity index (χ2v) is 6.93. The highest BCUT2D eigenvalue weighted by molar-refractivity contribution is 5.98. The largest absolute Gasteiger partial charge is 0.494 e. The maximum Gasteiger partial charge on any atom is 0.276 e. The van der Waals surface area contributed by atoms with Crippen molar-refractivity contribution < 1.29 is 28.2 Å². The Morgan fingerprint density at radius 1 is 0.903 bits per heavy atom. The van der Waals surface area contributed by atoms with Gasteiger partial charge in [-0.25, -0.2) is 4.39 Å². The summed E-state index contributed by atoms with van der Waals surface area (Å²) in [5, 5.41) is 2.66. The van der Waals surface area contributed by atoms with E-state index in [0.717, 1.165) is 0 Å². The Balaban J connectivity index is 1.85. The van der Waals surface area contributed by atoms with Crippen LogP contribution < -0.4 is 25.6 Å². The van der Waals surface area contributed by atoms with Crippen molar-refractivity contribution >= 4 is 17.7 Å². The van der Waals surface area contributed by atoms with Crippen molar-refractivity contribution in [2.75, 3.05) is 13.2 Å². The monoisotopic (exact) mass is 431 g/mol. The number of amides is 3. The van der Waals surface area contributed by atoms with Crippen LogP contribution in [0, 0.1) is 11.7 Å². The van der Waals surface area contributed by atoms with E-state index < -0.39 is 29.6 Å². The average molecular weight is 431 g/mol. The number of hydrogen-bond donors (Lipinski definition) is 3. The van der Waals surface area contributed by atoms with Crippen LogP contribution in [-0.2, 0) is 9.59 Å². The van der Waals surface area contributed by atoms with E-state index in [1.807, 2.05) is 6.92 Å². The number of hydrazine groups is 1. The molecule has 3 N–H and O–H groups in total. The maximum absolute atomic E-state index is 12.9. The SMILES string of the molecule is CCOc1ccc(C(=O)N[C@@H](C(=O)NNC(=O)COc2ccc(F)cc2)C(C)C)cc1. The summed E-state index contributed by atoms with van der Waals surface area (Å²) >= 11 is 0. The quantitative estimate of drug-likeness (QED) is 0.528. The van der Waals surface area contributed by atoms with Crippen molar-refractivity contribution in [3.63, 3.8) is 0 Å². The molecule has 0 aromatic heterocycles. The first kappa shape index (κ1) is 23.7.